The van der Waals surface area contributed by atoms with Gasteiger partial charge in [0.05, 0.1) is 6.61 Å². The summed E-state index contributed by atoms with van der Waals surface area (Å²) in [4.78, 5) is 41.5. The molecule has 0 unspecified atom stereocenters. The summed E-state index contributed by atoms with van der Waals surface area (Å²) in [6.07, 6.45) is 2.41. The number of carbonyl (C=O) groups excluding carboxylic acids is 1. The first-order valence-electron chi connectivity index (χ1n) is 8.24. The summed E-state index contributed by atoms with van der Waals surface area (Å²) >= 11 is 0. The Balaban J connectivity index is 2.32. The van der Waals surface area contributed by atoms with Gasteiger partial charge in [-0.3, -0.25) is 23.1 Å². The summed E-state index contributed by atoms with van der Waals surface area (Å²) in [5.41, 5.74) is 0.633. The van der Waals surface area contributed by atoms with Crippen molar-refractivity contribution in [3.8, 4) is 0 Å². The van der Waals surface area contributed by atoms with Gasteiger partial charge in [0.2, 0.25) is 5.78 Å². The van der Waals surface area contributed by atoms with E-state index in [0.29, 0.717) is 36.5 Å². The minimum absolute atomic E-state index is 0.00338. The Labute approximate surface area is 143 Å². The Kier molecular flexibility index (Phi) is 4.23. The van der Waals surface area contributed by atoms with E-state index >= 15 is 0 Å². The summed E-state index contributed by atoms with van der Waals surface area (Å²) in [5.74, 6) is 0.0509. The Bertz CT molecular complexity index is 1080. The molecule has 0 N–H and O–H groups in total. The van der Waals surface area contributed by atoms with Gasteiger partial charge in [0.25, 0.3) is 5.56 Å². The standard InChI is InChI=1S/C16H21N5O4/c1-5-7-19-14(23)12-13(18(4)16(19)24)17-15-20(9-11(22)25-6-2)10(3)8-21(12)15/h8H,5-7,9H2,1-4H3. The van der Waals surface area contributed by atoms with Crippen molar-refractivity contribution in [1.82, 2.24) is 23.1 Å². The summed E-state index contributed by atoms with van der Waals surface area (Å²) in [6, 6.07) is 0. The third-order valence-electron chi connectivity index (χ3n) is 4.18. The van der Waals surface area contributed by atoms with E-state index in [1.165, 1.54) is 9.13 Å². The van der Waals surface area contributed by atoms with Crippen LogP contribution in [0.2, 0.25) is 0 Å². The lowest BCUT2D eigenvalue weighted by Gasteiger charge is -2.06. The zero-order chi connectivity index (χ0) is 18.3. The van der Waals surface area contributed by atoms with Crippen molar-refractivity contribution in [1.29, 1.82) is 0 Å². The van der Waals surface area contributed by atoms with Gasteiger partial charge in [-0.05, 0) is 20.3 Å². The lowest BCUT2D eigenvalue weighted by atomic mass is 10.4. The number of hydrogen-bond donors (Lipinski definition) is 0. The van der Waals surface area contributed by atoms with E-state index in [4.69, 9.17) is 4.74 Å². The van der Waals surface area contributed by atoms with Crippen LogP contribution in [0.25, 0.3) is 16.9 Å². The molecule has 3 aromatic heterocycles. The Hall–Kier alpha value is -2.84. The van der Waals surface area contributed by atoms with Crippen molar-refractivity contribution in [2.45, 2.75) is 40.3 Å². The SMILES string of the molecule is CCCn1c(=O)c2c(nc3n(CC(=O)OCC)c(C)cn23)n(C)c1=O. The fourth-order valence-corrected chi connectivity index (χ4v) is 3.01. The maximum absolute atomic E-state index is 12.8. The number of hydrogen-bond acceptors (Lipinski definition) is 5. The smallest absolute Gasteiger partial charge is 0.332 e. The Morgan fingerprint density at radius 3 is 2.60 bits per heavy atom. The number of aryl methyl sites for hydroxylation is 2. The van der Waals surface area contributed by atoms with Gasteiger partial charge in [-0.2, -0.15) is 4.98 Å². The number of ether oxygens (including phenoxy) is 1. The summed E-state index contributed by atoms with van der Waals surface area (Å²) in [7, 11) is 1.59. The molecule has 0 spiro atoms. The second-order valence-corrected chi connectivity index (χ2v) is 5.91. The van der Waals surface area contributed by atoms with Crippen molar-refractivity contribution in [2.75, 3.05) is 6.61 Å². The zero-order valence-electron chi connectivity index (χ0n) is 14.8. The molecule has 25 heavy (non-hydrogen) atoms. The van der Waals surface area contributed by atoms with Crippen LogP contribution in [0, 0.1) is 6.92 Å². The van der Waals surface area contributed by atoms with Gasteiger partial charge < -0.3 is 9.30 Å². The highest BCUT2D eigenvalue weighted by Gasteiger charge is 2.20. The molecule has 0 saturated heterocycles. The highest BCUT2D eigenvalue weighted by atomic mass is 16.5. The second-order valence-electron chi connectivity index (χ2n) is 5.91. The van der Waals surface area contributed by atoms with E-state index in [0.717, 1.165) is 5.69 Å². The van der Waals surface area contributed by atoms with Crippen LogP contribution in [-0.2, 0) is 29.7 Å². The molecule has 0 atom stereocenters. The normalized spacial score (nSPS) is 11.5. The molecule has 0 fully saturated rings. The van der Waals surface area contributed by atoms with Gasteiger partial charge in [0, 0.05) is 25.5 Å². The van der Waals surface area contributed by atoms with Crippen LogP contribution in [0.3, 0.4) is 0 Å². The van der Waals surface area contributed by atoms with Crippen molar-refractivity contribution < 1.29 is 9.53 Å². The van der Waals surface area contributed by atoms with Crippen LogP contribution in [0.15, 0.2) is 15.8 Å². The number of rotatable bonds is 5. The van der Waals surface area contributed by atoms with Crippen molar-refractivity contribution in [2.24, 2.45) is 7.05 Å². The maximum atomic E-state index is 12.8. The molecule has 134 valence electrons. The van der Waals surface area contributed by atoms with Crippen LogP contribution in [0.4, 0.5) is 0 Å². The van der Waals surface area contributed by atoms with Crippen LogP contribution in [-0.4, -0.2) is 35.7 Å². The molecule has 3 rings (SSSR count). The van der Waals surface area contributed by atoms with Crippen molar-refractivity contribution >= 4 is 22.9 Å². The van der Waals surface area contributed by atoms with Gasteiger partial charge >= 0.3 is 11.7 Å². The molecule has 9 nitrogen and oxygen atoms in total. The molecule has 0 aliphatic carbocycles. The molecule has 0 saturated carbocycles. The first kappa shape index (κ1) is 17.0. The van der Waals surface area contributed by atoms with E-state index in [2.05, 4.69) is 4.98 Å². The quantitative estimate of drug-likeness (QED) is 0.624. The first-order valence-corrected chi connectivity index (χ1v) is 8.24. The molecule has 0 radical (unpaired) electrons. The fraction of sp³-hybridized carbons (Fsp3) is 0.500. The van der Waals surface area contributed by atoms with Gasteiger partial charge in [0.15, 0.2) is 11.2 Å². The Morgan fingerprint density at radius 2 is 1.96 bits per heavy atom. The van der Waals surface area contributed by atoms with E-state index in [9.17, 15) is 14.4 Å². The lowest BCUT2D eigenvalue weighted by Crippen LogP contribution is -2.39. The predicted molar refractivity (Wildman–Crippen MR) is 91.9 cm³/mol. The molecule has 0 bridgehead atoms. The highest BCUT2D eigenvalue weighted by Crippen LogP contribution is 2.16. The average molecular weight is 347 g/mol. The molecule has 0 aliphatic heterocycles. The number of nitrogens with zero attached hydrogens (tertiary/aromatic N) is 5. The highest BCUT2D eigenvalue weighted by molar-refractivity contribution is 5.77. The number of esters is 1. The maximum Gasteiger partial charge on any atom is 0.332 e. The molecule has 0 aromatic carbocycles. The fourth-order valence-electron chi connectivity index (χ4n) is 3.01. The second kappa shape index (κ2) is 6.23. The number of fused-ring (bicyclic) bond motifs is 3. The molecular weight excluding hydrogens is 326 g/mol. The Morgan fingerprint density at radius 1 is 1.24 bits per heavy atom. The van der Waals surface area contributed by atoms with Crippen LogP contribution in [0.1, 0.15) is 26.0 Å². The zero-order valence-corrected chi connectivity index (χ0v) is 14.8. The number of aromatic nitrogens is 5. The summed E-state index contributed by atoms with van der Waals surface area (Å²) in [6.45, 7) is 6.11. The van der Waals surface area contributed by atoms with Crippen molar-refractivity contribution in [3.05, 3.63) is 32.7 Å². The molecule has 3 aromatic rings. The van der Waals surface area contributed by atoms with E-state index in [1.54, 1.807) is 29.1 Å². The minimum atomic E-state index is -0.395. The molecule has 0 amide bonds. The molecule has 3 heterocycles. The largest absolute Gasteiger partial charge is 0.465 e. The third-order valence-corrected chi connectivity index (χ3v) is 4.18. The predicted octanol–water partition coefficient (Wildman–Crippen LogP) is 0.431. The minimum Gasteiger partial charge on any atom is -0.465 e. The van der Waals surface area contributed by atoms with Crippen LogP contribution < -0.4 is 11.2 Å². The van der Waals surface area contributed by atoms with Gasteiger partial charge in [-0.15, -0.1) is 0 Å². The lowest BCUT2D eigenvalue weighted by molar-refractivity contribution is -0.143. The molecular formula is C16H21N5O4. The molecule has 9 heteroatoms. The van der Waals surface area contributed by atoms with E-state index < -0.39 is 5.69 Å². The van der Waals surface area contributed by atoms with E-state index in [1.807, 2.05) is 13.8 Å². The van der Waals surface area contributed by atoms with Crippen LogP contribution >= 0.6 is 0 Å². The number of carbonyl (C=O) groups is 1. The third kappa shape index (κ3) is 2.55. The average Bonchev–Trinajstić information content (AvgIpc) is 3.07. The topological polar surface area (TPSA) is 92.5 Å². The first-order chi connectivity index (χ1) is 11.9. The van der Waals surface area contributed by atoms with Gasteiger partial charge in [0.1, 0.15) is 6.54 Å². The summed E-state index contributed by atoms with van der Waals surface area (Å²) in [5, 5.41) is 0. The van der Waals surface area contributed by atoms with Crippen molar-refractivity contribution in [3.63, 3.8) is 0 Å². The van der Waals surface area contributed by atoms with Crippen LogP contribution in [0.5, 0.6) is 0 Å². The van der Waals surface area contributed by atoms with Gasteiger partial charge in [-0.25, -0.2) is 4.79 Å². The van der Waals surface area contributed by atoms with E-state index in [-0.39, 0.29) is 18.1 Å². The molecule has 0 aliphatic rings. The monoisotopic (exact) mass is 347 g/mol. The van der Waals surface area contributed by atoms with Gasteiger partial charge in [-0.1, -0.05) is 6.92 Å². The number of imidazole rings is 2. The summed E-state index contributed by atoms with van der Waals surface area (Å²) < 4.78 is 10.9.